The molecule has 1 saturated heterocycles. The molecule has 0 aromatic heterocycles. The van der Waals surface area contributed by atoms with Crippen LogP contribution in [0.25, 0.3) is 6.08 Å². The van der Waals surface area contributed by atoms with Gasteiger partial charge in [0.15, 0.2) is 0 Å². The first-order valence-electron chi connectivity index (χ1n) is 9.83. The van der Waals surface area contributed by atoms with Gasteiger partial charge in [0.2, 0.25) is 5.91 Å². The minimum absolute atomic E-state index is 0.129. The molecule has 0 bridgehead atoms. The Labute approximate surface area is 177 Å². The van der Waals surface area contributed by atoms with E-state index in [-0.39, 0.29) is 4.90 Å². The van der Waals surface area contributed by atoms with Crippen LogP contribution in [0.5, 0.6) is 0 Å². The lowest BCUT2D eigenvalue weighted by molar-refractivity contribution is -0.143. The highest BCUT2D eigenvalue weighted by atomic mass is 32.2. The lowest BCUT2D eigenvalue weighted by atomic mass is 9.84. The van der Waals surface area contributed by atoms with Crippen molar-refractivity contribution in [3.8, 4) is 0 Å². The molecule has 2 atom stereocenters. The molecule has 0 aliphatic carbocycles. The van der Waals surface area contributed by atoms with Crippen molar-refractivity contribution in [2.75, 3.05) is 0 Å². The molecule has 4 nitrogen and oxygen atoms in total. The summed E-state index contributed by atoms with van der Waals surface area (Å²) in [5.41, 5.74) is 3.81. The molecule has 5 heteroatoms. The first-order chi connectivity index (χ1) is 14.4. The first-order valence-corrected chi connectivity index (χ1v) is 11.3. The van der Waals surface area contributed by atoms with Crippen LogP contribution in [0.2, 0.25) is 0 Å². The Kier molecular flexibility index (Phi) is 5.31. The summed E-state index contributed by atoms with van der Waals surface area (Å²) >= 11 is 0. The number of sulfonamides is 1. The van der Waals surface area contributed by atoms with E-state index in [0.717, 1.165) is 26.6 Å². The van der Waals surface area contributed by atoms with Crippen LogP contribution in [0.4, 0.5) is 0 Å². The van der Waals surface area contributed by atoms with E-state index in [2.05, 4.69) is 0 Å². The van der Waals surface area contributed by atoms with E-state index in [1.54, 1.807) is 24.3 Å². The normalized spacial score (nSPS) is 19.1. The lowest BCUT2D eigenvalue weighted by Gasteiger charge is -2.45. The van der Waals surface area contributed by atoms with Crippen molar-refractivity contribution in [1.29, 1.82) is 0 Å². The molecule has 0 N–H and O–H groups in total. The fraction of sp³-hybridized carbons (Fsp3) is 0.160. The summed E-state index contributed by atoms with van der Waals surface area (Å²) in [6, 6.07) is 23.4. The fourth-order valence-electron chi connectivity index (χ4n) is 3.65. The van der Waals surface area contributed by atoms with Gasteiger partial charge in [0, 0.05) is 0 Å². The standard InChI is InChI=1S/C25H23NO3S/c1-18-8-13-21(14-9-18)24-23(17-12-20-6-4-3-5-7-20)25(27)26(24)30(28,29)22-15-10-19(2)11-16-22/h3-17,23-24H,1-2H3/b17-12+/t23-,24-/m1/s1. The maximum Gasteiger partial charge on any atom is 0.267 e. The number of amides is 1. The van der Waals surface area contributed by atoms with E-state index in [9.17, 15) is 13.2 Å². The molecule has 1 fully saturated rings. The molecule has 3 aromatic carbocycles. The van der Waals surface area contributed by atoms with Crippen LogP contribution in [0, 0.1) is 19.8 Å². The van der Waals surface area contributed by atoms with Gasteiger partial charge in [-0.3, -0.25) is 4.79 Å². The van der Waals surface area contributed by atoms with Crippen LogP contribution in [0.1, 0.15) is 28.3 Å². The second-order valence-corrected chi connectivity index (χ2v) is 9.42. The quantitative estimate of drug-likeness (QED) is 0.555. The van der Waals surface area contributed by atoms with Gasteiger partial charge < -0.3 is 0 Å². The Bertz CT molecular complexity index is 1180. The summed E-state index contributed by atoms with van der Waals surface area (Å²) in [6.07, 6.45) is 3.68. The largest absolute Gasteiger partial charge is 0.273 e. The van der Waals surface area contributed by atoms with E-state index in [0.29, 0.717) is 0 Å². The maximum atomic E-state index is 13.3. The number of carbonyl (C=O) groups is 1. The van der Waals surface area contributed by atoms with Gasteiger partial charge in [0.1, 0.15) is 0 Å². The zero-order valence-corrected chi connectivity index (χ0v) is 17.7. The Hall–Kier alpha value is -3.18. The summed E-state index contributed by atoms with van der Waals surface area (Å²) in [5, 5.41) is 0. The van der Waals surface area contributed by atoms with Gasteiger partial charge >= 0.3 is 0 Å². The van der Waals surface area contributed by atoms with Gasteiger partial charge in [-0.15, -0.1) is 0 Å². The Morgan fingerprint density at radius 3 is 1.97 bits per heavy atom. The van der Waals surface area contributed by atoms with Crippen LogP contribution in [-0.2, 0) is 14.8 Å². The molecule has 1 aliphatic rings. The van der Waals surface area contributed by atoms with Crippen molar-refractivity contribution in [1.82, 2.24) is 4.31 Å². The SMILES string of the molecule is Cc1ccc([C@@H]2[C@@H](/C=C/c3ccccc3)C(=O)N2S(=O)(=O)c2ccc(C)cc2)cc1. The molecule has 0 radical (unpaired) electrons. The molecular weight excluding hydrogens is 394 g/mol. The molecule has 30 heavy (non-hydrogen) atoms. The predicted octanol–water partition coefficient (Wildman–Crippen LogP) is 4.91. The van der Waals surface area contributed by atoms with Crippen LogP contribution in [0.3, 0.4) is 0 Å². The number of β-lactam (4-membered cyclic amide) rings is 1. The van der Waals surface area contributed by atoms with Crippen LogP contribution >= 0.6 is 0 Å². The summed E-state index contributed by atoms with van der Waals surface area (Å²) < 4.78 is 27.6. The van der Waals surface area contributed by atoms with E-state index in [4.69, 9.17) is 0 Å². The average molecular weight is 418 g/mol. The summed E-state index contributed by atoms with van der Waals surface area (Å²) in [7, 11) is -3.94. The lowest BCUT2D eigenvalue weighted by Crippen LogP contribution is -2.56. The molecule has 1 amide bonds. The van der Waals surface area contributed by atoms with E-state index in [1.807, 2.05) is 80.6 Å². The number of carbonyl (C=O) groups excluding carboxylic acids is 1. The van der Waals surface area contributed by atoms with Crippen molar-refractivity contribution < 1.29 is 13.2 Å². The number of hydrogen-bond acceptors (Lipinski definition) is 3. The maximum absolute atomic E-state index is 13.3. The minimum Gasteiger partial charge on any atom is -0.273 e. The zero-order chi connectivity index (χ0) is 21.3. The van der Waals surface area contributed by atoms with Crippen molar-refractivity contribution in [2.24, 2.45) is 5.92 Å². The number of benzene rings is 3. The number of aryl methyl sites for hydroxylation is 2. The molecule has 1 heterocycles. The van der Waals surface area contributed by atoms with E-state index >= 15 is 0 Å². The van der Waals surface area contributed by atoms with E-state index in [1.165, 1.54) is 0 Å². The third-order valence-corrected chi connectivity index (χ3v) is 7.18. The first kappa shape index (κ1) is 20.1. The highest BCUT2D eigenvalue weighted by Gasteiger charge is 2.53. The third-order valence-electron chi connectivity index (χ3n) is 5.39. The van der Waals surface area contributed by atoms with Gasteiger partial charge in [0.05, 0.1) is 16.9 Å². The minimum atomic E-state index is -3.94. The summed E-state index contributed by atoms with van der Waals surface area (Å²) in [5.74, 6) is -0.943. The predicted molar refractivity (Wildman–Crippen MR) is 118 cm³/mol. The summed E-state index contributed by atoms with van der Waals surface area (Å²) in [6.45, 7) is 3.87. The highest BCUT2D eigenvalue weighted by molar-refractivity contribution is 7.89. The Morgan fingerprint density at radius 2 is 1.37 bits per heavy atom. The van der Waals surface area contributed by atoms with E-state index < -0.39 is 27.9 Å². The van der Waals surface area contributed by atoms with Crippen LogP contribution in [-0.4, -0.2) is 18.6 Å². The van der Waals surface area contributed by atoms with Crippen LogP contribution in [0.15, 0.2) is 89.8 Å². The van der Waals surface area contributed by atoms with Crippen molar-refractivity contribution in [3.05, 3.63) is 107 Å². The average Bonchev–Trinajstić information content (AvgIpc) is 2.74. The van der Waals surface area contributed by atoms with Gasteiger partial charge in [-0.2, -0.15) is 0 Å². The zero-order valence-electron chi connectivity index (χ0n) is 16.9. The molecule has 0 saturated carbocycles. The second kappa shape index (κ2) is 7.92. The topological polar surface area (TPSA) is 54.5 Å². The van der Waals surface area contributed by atoms with Crippen molar-refractivity contribution in [3.63, 3.8) is 0 Å². The fourth-order valence-corrected chi connectivity index (χ4v) is 5.27. The number of nitrogens with zero attached hydrogens (tertiary/aromatic N) is 1. The van der Waals surface area contributed by atoms with Crippen LogP contribution < -0.4 is 0 Å². The third kappa shape index (κ3) is 3.68. The van der Waals surface area contributed by atoms with Gasteiger partial charge in [-0.1, -0.05) is 90.0 Å². The summed E-state index contributed by atoms with van der Waals surface area (Å²) in [4.78, 5) is 13.1. The van der Waals surface area contributed by atoms with Crippen molar-refractivity contribution >= 4 is 22.0 Å². The number of hydrogen-bond donors (Lipinski definition) is 0. The second-order valence-electron chi connectivity index (χ2n) is 7.60. The number of rotatable bonds is 5. The smallest absolute Gasteiger partial charge is 0.267 e. The van der Waals surface area contributed by atoms with Crippen molar-refractivity contribution in [2.45, 2.75) is 24.8 Å². The molecule has 3 aromatic rings. The van der Waals surface area contributed by atoms with Gasteiger partial charge in [0.25, 0.3) is 10.0 Å². The Balaban J connectivity index is 1.72. The van der Waals surface area contributed by atoms with Gasteiger partial charge in [-0.05, 0) is 37.1 Å². The van der Waals surface area contributed by atoms with Gasteiger partial charge in [-0.25, -0.2) is 12.7 Å². The Morgan fingerprint density at radius 1 is 0.800 bits per heavy atom. The molecule has 0 unspecified atom stereocenters. The molecule has 152 valence electrons. The molecule has 0 spiro atoms. The molecular formula is C25H23NO3S. The molecule has 1 aliphatic heterocycles. The monoisotopic (exact) mass is 417 g/mol. The molecule has 4 rings (SSSR count). The highest BCUT2D eigenvalue weighted by Crippen LogP contribution is 2.45.